The normalized spacial score (nSPS) is 14.8. The van der Waals surface area contributed by atoms with Gasteiger partial charge in [0.15, 0.2) is 0 Å². The number of aromatic amines is 1. The molecule has 0 saturated carbocycles. The molecule has 4 unspecified atom stereocenters. The molecule has 9 N–H and O–H groups in total. The molecule has 0 fully saturated rings. The third kappa shape index (κ3) is 6.51. The first-order valence-electron chi connectivity index (χ1n) is 9.83. The molecule has 0 spiro atoms. The van der Waals surface area contributed by atoms with Gasteiger partial charge in [0.05, 0.1) is 19.3 Å². The van der Waals surface area contributed by atoms with E-state index in [0.29, 0.717) is 0 Å². The zero-order valence-corrected chi connectivity index (χ0v) is 17.4. The molecule has 32 heavy (non-hydrogen) atoms. The van der Waals surface area contributed by atoms with Crippen LogP contribution in [0.5, 0.6) is 0 Å². The summed E-state index contributed by atoms with van der Waals surface area (Å²) in [5, 5.41) is 35.1. The van der Waals surface area contributed by atoms with Crippen molar-refractivity contribution in [2.24, 2.45) is 5.73 Å². The molecule has 3 amide bonds. The lowest BCUT2D eigenvalue weighted by Crippen LogP contribution is -2.56. The number of aromatic nitrogens is 1. The number of para-hydroxylation sites is 1. The fourth-order valence-corrected chi connectivity index (χ4v) is 2.94. The van der Waals surface area contributed by atoms with Gasteiger partial charge in [-0.1, -0.05) is 18.2 Å². The summed E-state index contributed by atoms with van der Waals surface area (Å²) in [4.78, 5) is 50.9. The number of benzene rings is 1. The van der Waals surface area contributed by atoms with Gasteiger partial charge in [-0.15, -0.1) is 0 Å². The van der Waals surface area contributed by atoms with E-state index in [0.717, 1.165) is 16.5 Å². The number of carboxylic acids is 1. The SMILES string of the molecule is CC(O)C(N)C(=O)NC(Cc1c[nH]c2ccccc12)C(=O)NCC(=O)NC(CO)C(=O)O. The number of carboxylic acid groups (broad SMARTS) is 1. The van der Waals surface area contributed by atoms with E-state index in [1.165, 1.54) is 6.92 Å². The average Bonchev–Trinajstić information content (AvgIpc) is 3.17. The molecule has 4 atom stereocenters. The standard InChI is InChI=1S/C20H27N5O7/c1-10(27)17(21)19(30)25-14(6-11-7-22-13-5-3-2-4-12(11)13)18(29)23-8-16(28)24-15(9-26)20(31)32/h2-5,7,10,14-15,17,22,26-27H,6,8-9,21H2,1H3,(H,23,29)(H,24,28)(H,25,30)(H,31,32). The fourth-order valence-electron chi connectivity index (χ4n) is 2.94. The lowest BCUT2D eigenvalue weighted by molar-refractivity contribution is -0.142. The number of amides is 3. The van der Waals surface area contributed by atoms with Gasteiger partial charge in [0, 0.05) is 23.5 Å². The zero-order valence-electron chi connectivity index (χ0n) is 17.4. The summed E-state index contributed by atoms with van der Waals surface area (Å²) in [7, 11) is 0. The van der Waals surface area contributed by atoms with Crippen molar-refractivity contribution in [2.45, 2.75) is 37.6 Å². The van der Waals surface area contributed by atoms with E-state index in [1.54, 1.807) is 6.20 Å². The number of aliphatic hydroxyl groups is 2. The molecule has 0 aliphatic heterocycles. The van der Waals surface area contributed by atoms with Crippen LogP contribution in [-0.4, -0.2) is 81.4 Å². The molecule has 0 saturated heterocycles. The van der Waals surface area contributed by atoms with Crippen molar-refractivity contribution in [3.63, 3.8) is 0 Å². The van der Waals surface area contributed by atoms with Gasteiger partial charge in [-0.2, -0.15) is 0 Å². The Bertz CT molecular complexity index is 974. The fraction of sp³-hybridized carbons (Fsp3) is 0.400. The number of fused-ring (bicyclic) bond motifs is 1. The van der Waals surface area contributed by atoms with E-state index in [4.69, 9.17) is 15.9 Å². The van der Waals surface area contributed by atoms with Crippen molar-refractivity contribution in [2.75, 3.05) is 13.2 Å². The predicted molar refractivity (Wildman–Crippen MR) is 113 cm³/mol. The highest BCUT2D eigenvalue weighted by atomic mass is 16.4. The van der Waals surface area contributed by atoms with Gasteiger partial charge in [0.1, 0.15) is 18.1 Å². The van der Waals surface area contributed by atoms with Crippen LogP contribution >= 0.6 is 0 Å². The van der Waals surface area contributed by atoms with Crippen molar-refractivity contribution < 1.29 is 34.5 Å². The van der Waals surface area contributed by atoms with Crippen LogP contribution in [0, 0.1) is 0 Å². The zero-order chi connectivity index (χ0) is 23.8. The maximum absolute atomic E-state index is 12.7. The summed E-state index contributed by atoms with van der Waals surface area (Å²) in [5.41, 5.74) is 7.20. The van der Waals surface area contributed by atoms with Crippen LogP contribution in [0.25, 0.3) is 10.9 Å². The topological polar surface area (TPSA) is 207 Å². The van der Waals surface area contributed by atoms with Crippen LogP contribution in [0.2, 0.25) is 0 Å². The number of rotatable bonds is 11. The second-order valence-corrected chi connectivity index (χ2v) is 7.25. The number of H-pyrrole nitrogens is 1. The van der Waals surface area contributed by atoms with Crippen molar-refractivity contribution in [3.8, 4) is 0 Å². The minimum absolute atomic E-state index is 0.0596. The number of aliphatic carboxylic acids is 1. The van der Waals surface area contributed by atoms with E-state index >= 15 is 0 Å². The van der Waals surface area contributed by atoms with Gasteiger partial charge in [-0.25, -0.2) is 4.79 Å². The first kappa shape index (κ1) is 24.8. The summed E-state index contributed by atoms with van der Waals surface area (Å²) in [6.45, 7) is -0.0554. The Hall–Kier alpha value is -3.48. The second kappa shape index (κ2) is 11.2. The first-order chi connectivity index (χ1) is 15.1. The van der Waals surface area contributed by atoms with E-state index in [1.807, 2.05) is 24.3 Å². The number of carbonyl (C=O) groups excluding carboxylic acids is 3. The lowest BCUT2D eigenvalue weighted by Gasteiger charge is -2.22. The highest BCUT2D eigenvalue weighted by Gasteiger charge is 2.27. The first-order valence-corrected chi connectivity index (χ1v) is 9.83. The van der Waals surface area contributed by atoms with E-state index in [9.17, 15) is 24.3 Å². The Labute approximate surface area is 183 Å². The van der Waals surface area contributed by atoms with Crippen molar-refractivity contribution in [1.29, 1.82) is 0 Å². The maximum Gasteiger partial charge on any atom is 0.328 e. The lowest BCUT2D eigenvalue weighted by atomic mass is 10.0. The molecular formula is C20H27N5O7. The Kier molecular flexibility index (Phi) is 8.70. The molecule has 12 heteroatoms. The van der Waals surface area contributed by atoms with E-state index < -0.39 is 61.1 Å². The number of nitrogens with one attached hydrogen (secondary N) is 4. The molecule has 0 radical (unpaired) electrons. The second-order valence-electron chi connectivity index (χ2n) is 7.25. The Balaban J connectivity index is 2.12. The van der Waals surface area contributed by atoms with Crippen molar-refractivity contribution in [1.82, 2.24) is 20.9 Å². The molecule has 0 aliphatic carbocycles. The molecular weight excluding hydrogens is 422 g/mol. The van der Waals surface area contributed by atoms with Gasteiger partial charge in [0.25, 0.3) is 0 Å². The third-order valence-electron chi connectivity index (χ3n) is 4.79. The molecule has 1 aromatic heterocycles. The Morgan fingerprint density at radius 1 is 1.09 bits per heavy atom. The quantitative estimate of drug-likeness (QED) is 0.185. The summed E-state index contributed by atoms with van der Waals surface area (Å²) >= 11 is 0. The number of carbonyl (C=O) groups is 4. The largest absolute Gasteiger partial charge is 0.480 e. The molecule has 1 aromatic carbocycles. The molecule has 0 bridgehead atoms. The molecule has 12 nitrogen and oxygen atoms in total. The smallest absolute Gasteiger partial charge is 0.328 e. The number of nitrogens with two attached hydrogens (primary N) is 1. The molecule has 1 heterocycles. The average molecular weight is 449 g/mol. The minimum atomic E-state index is -1.51. The predicted octanol–water partition coefficient (Wildman–Crippen LogP) is -2.42. The van der Waals surface area contributed by atoms with E-state index in [-0.39, 0.29) is 6.42 Å². The highest BCUT2D eigenvalue weighted by Crippen LogP contribution is 2.19. The van der Waals surface area contributed by atoms with Gasteiger partial charge in [-0.05, 0) is 18.6 Å². The summed E-state index contributed by atoms with van der Waals surface area (Å²) in [6, 6.07) is 3.44. The van der Waals surface area contributed by atoms with Crippen LogP contribution in [0.15, 0.2) is 30.5 Å². The van der Waals surface area contributed by atoms with Gasteiger partial charge in [-0.3, -0.25) is 14.4 Å². The number of hydrogen-bond acceptors (Lipinski definition) is 7. The van der Waals surface area contributed by atoms with Gasteiger partial charge >= 0.3 is 5.97 Å². The molecule has 174 valence electrons. The van der Waals surface area contributed by atoms with E-state index in [2.05, 4.69) is 20.9 Å². The van der Waals surface area contributed by atoms with Crippen molar-refractivity contribution in [3.05, 3.63) is 36.0 Å². The highest BCUT2D eigenvalue weighted by molar-refractivity contribution is 5.93. The summed E-state index contributed by atoms with van der Waals surface area (Å²) < 4.78 is 0. The number of hydrogen-bond donors (Lipinski definition) is 8. The number of aliphatic hydroxyl groups excluding tert-OH is 2. The summed E-state index contributed by atoms with van der Waals surface area (Å²) in [5.74, 6) is -3.73. The monoisotopic (exact) mass is 449 g/mol. The molecule has 2 aromatic rings. The molecule has 0 aliphatic rings. The third-order valence-corrected chi connectivity index (χ3v) is 4.79. The van der Waals surface area contributed by atoms with Crippen LogP contribution in [0.4, 0.5) is 0 Å². The minimum Gasteiger partial charge on any atom is -0.480 e. The maximum atomic E-state index is 12.7. The Morgan fingerprint density at radius 3 is 2.41 bits per heavy atom. The van der Waals surface area contributed by atoms with Crippen molar-refractivity contribution >= 4 is 34.6 Å². The summed E-state index contributed by atoms with van der Waals surface area (Å²) in [6.07, 6.45) is 0.602. The Morgan fingerprint density at radius 2 is 1.78 bits per heavy atom. The van der Waals surface area contributed by atoms with Gasteiger partial charge in [0.2, 0.25) is 17.7 Å². The van der Waals surface area contributed by atoms with Crippen LogP contribution < -0.4 is 21.7 Å². The van der Waals surface area contributed by atoms with Gasteiger partial charge < -0.3 is 42.0 Å². The molecule has 2 rings (SSSR count). The van der Waals surface area contributed by atoms with Crippen LogP contribution in [-0.2, 0) is 25.6 Å². The van der Waals surface area contributed by atoms with Crippen LogP contribution in [0.1, 0.15) is 12.5 Å². The van der Waals surface area contributed by atoms with Crippen LogP contribution in [0.3, 0.4) is 0 Å².